The Kier molecular flexibility index (Phi) is 2.09. The molecule has 72 valence electrons. The van der Waals surface area contributed by atoms with Crippen molar-refractivity contribution in [1.82, 2.24) is 19.7 Å². The van der Waals surface area contributed by atoms with Crippen molar-refractivity contribution >= 4 is 17.4 Å². The molecule has 2 rings (SSSR count). The molecule has 0 saturated carbocycles. The Balaban J connectivity index is 2.52. The minimum Gasteiger partial charge on any atom is -0.382 e. The van der Waals surface area contributed by atoms with Crippen LogP contribution in [0.4, 0.5) is 5.82 Å². The lowest BCUT2D eigenvalue weighted by Gasteiger charge is -1.99. The largest absolute Gasteiger partial charge is 0.382 e. The Labute approximate surface area is 85.5 Å². The molecule has 0 aromatic carbocycles. The Morgan fingerprint density at radius 3 is 2.79 bits per heavy atom. The van der Waals surface area contributed by atoms with Gasteiger partial charge in [0, 0.05) is 18.8 Å². The third kappa shape index (κ3) is 1.54. The molecule has 0 saturated heterocycles. The first-order valence-electron chi connectivity index (χ1n) is 3.94. The predicted octanol–water partition coefficient (Wildman–Crippen LogP) is 1.11. The molecule has 0 aliphatic carbocycles. The van der Waals surface area contributed by atoms with Gasteiger partial charge in [0.1, 0.15) is 11.5 Å². The van der Waals surface area contributed by atoms with Crippen molar-refractivity contribution in [2.75, 3.05) is 5.73 Å². The zero-order valence-electron chi connectivity index (χ0n) is 7.48. The third-order valence-corrected chi connectivity index (χ3v) is 1.99. The van der Waals surface area contributed by atoms with Gasteiger partial charge in [-0.3, -0.25) is 4.68 Å². The fourth-order valence-electron chi connectivity index (χ4n) is 1.12. The van der Waals surface area contributed by atoms with E-state index in [-0.39, 0.29) is 5.15 Å². The van der Waals surface area contributed by atoms with Crippen LogP contribution in [-0.2, 0) is 7.05 Å². The third-order valence-electron chi connectivity index (χ3n) is 1.73. The number of aryl methyl sites for hydroxylation is 1. The second-order valence-corrected chi connectivity index (χ2v) is 3.19. The molecule has 0 bridgehead atoms. The molecule has 2 heterocycles. The SMILES string of the molecule is Cn1cc(-c2ncc(N)nc2Cl)cn1. The van der Waals surface area contributed by atoms with Crippen molar-refractivity contribution in [1.29, 1.82) is 0 Å². The first-order chi connectivity index (χ1) is 6.66. The van der Waals surface area contributed by atoms with Gasteiger partial charge in [-0.05, 0) is 0 Å². The molecule has 2 aromatic rings. The van der Waals surface area contributed by atoms with E-state index in [1.807, 2.05) is 13.2 Å². The minimum atomic E-state index is 0.290. The summed E-state index contributed by atoms with van der Waals surface area (Å²) in [4.78, 5) is 7.99. The molecule has 0 fully saturated rings. The molecular formula is C8H8ClN5. The Morgan fingerprint density at radius 2 is 2.21 bits per heavy atom. The highest BCUT2D eigenvalue weighted by Crippen LogP contribution is 2.23. The number of rotatable bonds is 1. The molecule has 0 amide bonds. The second kappa shape index (κ2) is 3.26. The highest BCUT2D eigenvalue weighted by molar-refractivity contribution is 6.31. The molecule has 14 heavy (non-hydrogen) atoms. The lowest BCUT2D eigenvalue weighted by atomic mass is 10.3. The van der Waals surface area contributed by atoms with Gasteiger partial charge in [0.15, 0.2) is 5.15 Å². The van der Waals surface area contributed by atoms with Gasteiger partial charge >= 0.3 is 0 Å². The summed E-state index contributed by atoms with van der Waals surface area (Å²) in [5, 5.41) is 4.31. The van der Waals surface area contributed by atoms with Crippen LogP contribution in [0.2, 0.25) is 5.15 Å². The smallest absolute Gasteiger partial charge is 0.157 e. The zero-order chi connectivity index (χ0) is 10.1. The van der Waals surface area contributed by atoms with Gasteiger partial charge in [0.05, 0.1) is 12.4 Å². The van der Waals surface area contributed by atoms with Crippen LogP contribution in [0.5, 0.6) is 0 Å². The topological polar surface area (TPSA) is 69.6 Å². The van der Waals surface area contributed by atoms with E-state index < -0.39 is 0 Å². The fraction of sp³-hybridized carbons (Fsp3) is 0.125. The number of nitrogens with two attached hydrogens (primary N) is 1. The van der Waals surface area contributed by atoms with Crippen molar-refractivity contribution in [3.63, 3.8) is 0 Å². The number of halogens is 1. The van der Waals surface area contributed by atoms with Crippen LogP contribution in [0, 0.1) is 0 Å². The lowest BCUT2D eigenvalue weighted by molar-refractivity contribution is 0.768. The van der Waals surface area contributed by atoms with Crippen molar-refractivity contribution in [2.45, 2.75) is 0 Å². The van der Waals surface area contributed by atoms with Gasteiger partial charge < -0.3 is 5.73 Å². The van der Waals surface area contributed by atoms with Crippen LogP contribution in [0.25, 0.3) is 11.3 Å². The first-order valence-corrected chi connectivity index (χ1v) is 4.31. The van der Waals surface area contributed by atoms with Gasteiger partial charge in [-0.1, -0.05) is 11.6 Å². The van der Waals surface area contributed by atoms with E-state index in [0.717, 1.165) is 5.56 Å². The number of aromatic nitrogens is 4. The number of anilines is 1. The van der Waals surface area contributed by atoms with Crippen molar-refractivity contribution in [2.24, 2.45) is 7.05 Å². The maximum absolute atomic E-state index is 5.88. The number of hydrogen-bond acceptors (Lipinski definition) is 4. The summed E-state index contributed by atoms with van der Waals surface area (Å²) in [6, 6.07) is 0. The zero-order valence-corrected chi connectivity index (χ0v) is 8.23. The Hall–Kier alpha value is -1.62. The molecular weight excluding hydrogens is 202 g/mol. The Bertz CT molecular complexity index is 465. The maximum atomic E-state index is 5.88. The maximum Gasteiger partial charge on any atom is 0.157 e. The summed E-state index contributed by atoms with van der Waals surface area (Å²) in [5.41, 5.74) is 6.85. The van der Waals surface area contributed by atoms with Crippen LogP contribution >= 0.6 is 11.6 Å². The molecule has 0 unspecified atom stereocenters. The molecule has 5 nitrogen and oxygen atoms in total. The van der Waals surface area contributed by atoms with Crippen molar-refractivity contribution in [3.05, 3.63) is 23.7 Å². The van der Waals surface area contributed by atoms with Crippen LogP contribution in [0.15, 0.2) is 18.6 Å². The summed E-state index contributed by atoms with van der Waals surface area (Å²) in [7, 11) is 1.82. The number of nitrogen functional groups attached to an aromatic ring is 1. The summed E-state index contributed by atoms with van der Waals surface area (Å²) >= 11 is 5.88. The van der Waals surface area contributed by atoms with Gasteiger partial charge in [0.2, 0.25) is 0 Å². The van der Waals surface area contributed by atoms with E-state index in [1.54, 1.807) is 10.9 Å². The average Bonchev–Trinajstić information content (AvgIpc) is 2.51. The average molecular weight is 210 g/mol. The van der Waals surface area contributed by atoms with Crippen molar-refractivity contribution < 1.29 is 0 Å². The predicted molar refractivity (Wildman–Crippen MR) is 53.7 cm³/mol. The fourth-order valence-corrected chi connectivity index (χ4v) is 1.37. The molecule has 0 spiro atoms. The molecule has 2 N–H and O–H groups in total. The van der Waals surface area contributed by atoms with Crippen LogP contribution < -0.4 is 5.73 Å². The second-order valence-electron chi connectivity index (χ2n) is 2.84. The molecule has 2 aromatic heterocycles. The standard InChI is InChI=1S/C8H8ClN5/c1-14-4-5(2-12-14)7-8(9)13-6(10)3-11-7/h2-4H,1H3,(H2,10,13). The minimum absolute atomic E-state index is 0.290. The van der Waals surface area contributed by atoms with Gasteiger partial charge in [-0.2, -0.15) is 5.10 Å². The lowest BCUT2D eigenvalue weighted by Crippen LogP contribution is -1.94. The summed E-state index contributed by atoms with van der Waals surface area (Å²) in [5.74, 6) is 0.308. The summed E-state index contributed by atoms with van der Waals surface area (Å²) in [6.07, 6.45) is 4.95. The number of hydrogen-bond donors (Lipinski definition) is 1. The molecule has 0 atom stereocenters. The van der Waals surface area contributed by atoms with Crippen LogP contribution in [0.3, 0.4) is 0 Å². The number of nitrogens with zero attached hydrogens (tertiary/aromatic N) is 4. The van der Waals surface area contributed by atoms with Crippen molar-refractivity contribution in [3.8, 4) is 11.3 Å². The van der Waals surface area contributed by atoms with Gasteiger partial charge in [0.25, 0.3) is 0 Å². The summed E-state index contributed by atoms with van der Waals surface area (Å²) < 4.78 is 1.67. The molecule has 0 aliphatic rings. The van der Waals surface area contributed by atoms with E-state index in [9.17, 15) is 0 Å². The van der Waals surface area contributed by atoms with E-state index >= 15 is 0 Å². The van der Waals surface area contributed by atoms with Gasteiger partial charge in [-0.25, -0.2) is 9.97 Å². The molecule has 6 heteroatoms. The van der Waals surface area contributed by atoms with E-state index in [1.165, 1.54) is 6.20 Å². The first kappa shape index (κ1) is 8.96. The normalized spacial score (nSPS) is 10.4. The Morgan fingerprint density at radius 1 is 1.43 bits per heavy atom. The van der Waals surface area contributed by atoms with Crippen LogP contribution in [0.1, 0.15) is 0 Å². The highest BCUT2D eigenvalue weighted by atomic mass is 35.5. The van der Waals surface area contributed by atoms with E-state index in [2.05, 4.69) is 15.1 Å². The monoisotopic (exact) mass is 209 g/mol. The molecule has 0 aliphatic heterocycles. The summed E-state index contributed by atoms with van der Waals surface area (Å²) in [6.45, 7) is 0. The van der Waals surface area contributed by atoms with E-state index in [4.69, 9.17) is 17.3 Å². The molecule has 0 radical (unpaired) electrons. The highest BCUT2D eigenvalue weighted by Gasteiger charge is 2.08. The van der Waals surface area contributed by atoms with E-state index in [0.29, 0.717) is 11.5 Å². The quantitative estimate of drug-likeness (QED) is 0.764. The van der Waals surface area contributed by atoms with Gasteiger partial charge in [-0.15, -0.1) is 0 Å². The van der Waals surface area contributed by atoms with Crippen LogP contribution in [-0.4, -0.2) is 19.7 Å².